The maximum atomic E-state index is 11.9. The zero-order valence-electron chi connectivity index (χ0n) is 8.33. The fraction of sp³-hybridized carbons (Fsp3) is 0.455. The number of anilines is 1. The van der Waals surface area contributed by atoms with Crippen LogP contribution in [0.1, 0.15) is 12.8 Å². The van der Waals surface area contributed by atoms with E-state index in [1.165, 1.54) is 12.8 Å². The van der Waals surface area contributed by atoms with Crippen LogP contribution in [0.2, 0.25) is 0 Å². The molecule has 1 aromatic rings. The van der Waals surface area contributed by atoms with Crippen LogP contribution in [0.25, 0.3) is 0 Å². The molecule has 15 heavy (non-hydrogen) atoms. The summed E-state index contributed by atoms with van der Waals surface area (Å²) < 4.78 is 28.1. The number of hydrogen-bond acceptors (Lipinski definition) is 2. The summed E-state index contributed by atoms with van der Waals surface area (Å²) in [6.45, 7) is -0.646. The van der Waals surface area contributed by atoms with Gasteiger partial charge in [-0.2, -0.15) is 8.78 Å². The molecule has 82 valence electrons. The number of halogens is 2. The number of hydrogen-bond donors (Lipinski definition) is 0. The molecule has 0 atom stereocenters. The average Bonchev–Trinajstić information content (AvgIpc) is 2.71. The first-order chi connectivity index (χ1) is 7.25. The molecule has 1 aliphatic rings. The number of rotatable bonds is 3. The largest absolute Gasteiger partial charge is 0.435 e. The van der Waals surface area contributed by atoms with E-state index in [-0.39, 0.29) is 5.75 Å². The Morgan fingerprint density at radius 3 is 2.20 bits per heavy atom. The summed E-state index contributed by atoms with van der Waals surface area (Å²) >= 11 is 0. The number of nitrogens with zero attached hydrogens (tertiary/aromatic N) is 1. The molecule has 2 nitrogen and oxygen atoms in total. The Kier molecular flexibility index (Phi) is 3.04. The van der Waals surface area contributed by atoms with Gasteiger partial charge in [0.05, 0.1) is 0 Å². The minimum absolute atomic E-state index is 0.216. The second-order valence-corrected chi connectivity index (χ2v) is 3.57. The SMILES string of the molecule is FC(F)Oc1ccc(N2CCCC2)cc1. The van der Waals surface area contributed by atoms with Crippen molar-refractivity contribution in [2.75, 3.05) is 18.0 Å². The molecular formula is C11H13F2NO. The Balaban J connectivity index is 2.03. The molecule has 0 unspecified atom stereocenters. The van der Waals surface area contributed by atoms with E-state index in [9.17, 15) is 8.78 Å². The van der Waals surface area contributed by atoms with E-state index < -0.39 is 6.61 Å². The quantitative estimate of drug-likeness (QED) is 0.765. The van der Waals surface area contributed by atoms with Crippen molar-refractivity contribution in [3.8, 4) is 5.75 Å². The molecule has 1 heterocycles. The summed E-state index contributed by atoms with van der Waals surface area (Å²) in [7, 11) is 0. The Morgan fingerprint density at radius 1 is 1.07 bits per heavy atom. The fourth-order valence-electron chi connectivity index (χ4n) is 1.81. The van der Waals surface area contributed by atoms with Crippen molar-refractivity contribution in [2.45, 2.75) is 19.5 Å². The van der Waals surface area contributed by atoms with Crippen LogP contribution in [0.5, 0.6) is 5.75 Å². The maximum absolute atomic E-state index is 11.9. The van der Waals surface area contributed by atoms with Crippen LogP contribution in [0.3, 0.4) is 0 Å². The van der Waals surface area contributed by atoms with Gasteiger partial charge in [-0.1, -0.05) is 0 Å². The molecular weight excluding hydrogens is 200 g/mol. The molecule has 0 N–H and O–H groups in total. The average molecular weight is 213 g/mol. The summed E-state index contributed by atoms with van der Waals surface area (Å²) in [6, 6.07) is 6.81. The van der Waals surface area contributed by atoms with Crippen LogP contribution >= 0.6 is 0 Å². The van der Waals surface area contributed by atoms with E-state index in [1.807, 2.05) is 12.1 Å². The van der Waals surface area contributed by atoms with Crippen LogP contribution in [0.4, 0.5) is 14.5 Å². The van der Waals surface area contributed by atoms with Crippen LogP contribution in [0.15, 0.2) is 24.3 Å². The van der Waals surface area contributed by atoms with E-state index in [2.05, 4.69) is 9.64 Å². The van der Waals surface area contributed by atoms with Crippen molar-refractivity contribution in [3.05, 3.63) is 24.3 Å². The number of ether oxygens (including phenoxy) is 1. The van der Waals surface area contributed by atoms with Gasteiger partial charge in [0.15, 0.2) is 0 Å². The predicted octanol–water partition coefficient (Wildman–Crippen LogP) is 2.89. The highest BCUT2D eigenvalue weighted by Crippen LogP contribution is 2.23. The molecule has 1 aromatic carbocycles. The van der Waals surface area contributed by atoms with Crippen molar-refractivity contribution in [3.63, 3.8) is 0 Å². The van der Waals surface area contributed by atoms with Crippen molar-refractivity contribution in [1.29, 1.82) is 0 Å². The second-order valence-electron chi connectivity index (χ2n) is 3.57. The smallest absolute Gasteiger partial charge is 0.387 e. The normalized spacial score (nSPS) is 16.1. The molecule has 0 aromatic heterocycles. The highest BCUT2D eigenvalue weighted by atomic mass is 19.3. The molecule has 0 aliphatic carbocycles. The lowest BCUT2D eigenvalue weighted by Crippen LogP contribution is -2.17. The highest BCUT2D eigenvalue weighted by Gasteiger charge is 2.12. The summed E-state index contributed by atoms with van der Waals surface area (Å²) in [6.07, 6.45) is 2.41. The number of benzene rings is 1. The minimum Gasteiger partial charge on any atom is -0.435 e. The van der Waals surface area contributed by atoms with Gasteiger partial charge >= 0.3 is 6.61 Å². The van der Waals surface area contributed by atoms with Gasteiger partial charge in [0.1, 0.15) is 5.75 Å². The number of alkyl halides is 2. The first-order valence-electron chi connectivity index (χ1n) is 5.05. The van der Waals surface area contributed by atoms with Crippen molar-refractivity contribution in [1.82, 2.24) is 0 Å². The minimum atomic E-state index is -2.75. The first-order valence-corrected chi connectivity index (χ1v) is 5.05. The standard InChI is InChI=1S/C11H13F2NO/c12-11(13)15-10-5-3-9(4-6-10)14-7-1-2-8-14/h3-6,11H,1-2,7-8H2. The van der Waals surface area contributed by atoms with Gasteiger partial charge < -0.3 is 9.64 Å². The van der Waals surface area contributed by atoms with Gasteiger partial charge in [-0.25, -0.2) is 0 Å². The van der Waals surface area contributed by atoms with Crippen molar-refractivity contribution >= 4 is 5.69 Å². The maximum Gasteiger partial charge on any atom is 0.387 e. The molecule has 1 fully saturated rings. The Morgan fingerprint density at radius 2 is 1.67 bits per heavy atom. The topological polar surface area (TPSA) is 12.5 Å². The van der Waals surface area contributed by atoms with Crippen LogP contribution < -0.4 is 9.64 Å². The monoisotopic (exact) mass is 213 g/mol. The Labute approximate surface area is 87.5 Å². The Hall–Kier alpha value is -1.32. The first kappa shape index (κ1) is 10.2. The van der Waals surface area contributed by atoms with Gasteiger partial charge in [-0.05, 0) is 37.1 Å². The Bertz CT molecular complexity index is 307. The third kappa shape index (κ3) is 2.58. The van der Waals surface area contributed by atoms with Gasteiger partial charge in [0, 0.05) is 18.8 Å². The third-order valence-corrected chi connectivity index (χ3v) is 2.53. The van der Waals surface area contributed by atoms with E-state index in [0.29, 0.717) is 0 Å². The predicted molar refractivity (Wildman–Crippen MR) is 54.5 cm³/mol. The van der Waals surface area contributed by atoms with E-state index >= 15 is 0 Å². The molecule has 0 amide bonds. The summed E-state index contributed by atoms with van der Waals surface area (Å²) in [5, 5.41) is 0. The highest BCUT2D eigenvalue weighted by molar-refractivity contribution is 5.49. The molecule has 1 aliphatic heterocycles. The lowest BCUT2D eigenvalue weighted by atomic mass is 10.3. The summed E-state index contributed by atoms with van der Waals surface area (Å²) in [5.41, 5.74) is 1.08. The molecule has 1 saturated heterocycles. The zero-order chi connectivity index (χ0) is 10.7. The molecule has 0 spiro atoms. The van der Waals surface area contributed by atoms with E-state index in [4.69, 9.17) is 0 Å². The summed E-state index contributed by atoms with van der Waals surface area (Å²) in [4.78, 5) is 2.24. The van der Waals surface area contributed by atoms with Gasteiger partial charge in [0.25, 0.3) is 0 Å². The molecule has 0 saturated carbocycles. The molecule has 4 heteroatoms. The van der Waals surface area contributed by atoms with Crippen LogP contribution in [0, 0.1) is 0 Å². The second kappa shape index (κ2) is 4.47. The summed E-state index contributed by atoms with van der Waals surface area (Å²) in [5.74, 6) is 0.216. The van der Waals surface area contributed by atoms with Crippen LogP contribution in [-0.2, 0) is 0 Å². The van der Waals surface area contributed by atoms with Crippen LogP contribution in [-0.4, -0.2) is 19.7 Å². The molecule has 0 bridgehead atoms. The van der Waals surface area contributed by atoms with Gasteiger partial charge in [-0.3, -0.25) is 0 Å². The van der Waals surface area contributed by atoms with E-state index in [0.717, 1.165) is 18.8 Å². The zero-order valence-corrected chi connectivity index (χ0v) is 8.33. The third-order valence-electron chi connectivity index (χ3n) is 2.53. The van der Waals surface area contributed by atoms with Gasteiger partial charge in [-0.15, -0.1) is 0 Å². The lowest BCUT2D eigenvalue weighted by molar-refractivity contribution is -0.0498. The van der Waals surface area contributed by atoms with Gasteiger partial charge in [0.2, 0.25) is 0 Å². The van der Waals surface area contributed by atoms with E-state index in [1.54, 1.807) is 12.1 Å². The molecule has 2 rings (SSSR count). The lowest BCUT2D eigenvalue weighted by Gasteiger charge is -2.17. The molecule has 0 radical (unpaired) electrons. The fourth-order valence-corrected chi connectivity index (χ4v) is 1.81. The van der Waals surface area contributed by atoms with Crippen molar-refractivity contribution in [2.24, 2.45) is 0 Å². The van der Waals surface area contributed by atoms with Crippen molar-refractivity contribution < 1.29 is 13.5 Å².